The lowest BCUT2D eigenvalue weighted by atomic mass is 10.1. The summed E-state index contributed by atoms with van der Waals surface area (Å²) in [4.78, 5) is 29.9. The van der Waals surface area contributed by atoms with Crippen molar-refractivity contribution in [2.75, 3.05) is 44.6 Å². The maximum atomic E-state index is 13.2. The van der Waals surface area contributed by atoms with E-state index in [1.165, 1.54) is 0 Å². The van der Waals surface area contributed by atoms with E-state index in [-0.39, 0.29) is 36.8 Å². The van der Waals surface area contributed by atoms with Crippen LogP contribution in [-0.2, 0) is 9.53 Å². The van der Waals surface area contributed by atoms with Crippen LogP contribution in [0.3, 0.4) is 0 Å². The van der Waals surface area contributed by atoms with Crippen molar-refractivity contribution in [1.82, 2.24) is 9.80 Å². The van der Waals surface area contributed by atoms with Crippen molar-refractivity contribution in [3.05, 3.63) is 29.3 Å². The van der Waals surface area contributed by atoms with Gasteiger partial charge in [0.15, 0.2) is 0 Å². The van der Waals surface area contributed by atoms with Gasteiger partial charge in [0.2, 0.25) is 5.91 Å². The first-order valence-corrected chi connectivity index (χ1v) is 9.97. The SMILES string of the molecule is CCOC(=O)c1cccc(C)c1NC(=O)C(CN(CC)CC)N(CC)CC.Cl.Cl. The highest BCUT2D eigenvalue weighted by atomic mass is 35.5. The van der Waals surface area contributed by atoms with E-state index in [1.807, 2.05) is 13.0 Å². The van der Waals surface area contributed by atoms with Gasteiger partial charge >= 0.3 is 5.97 Å². The molecule has 0 heterocycles. The Kier molecular flexibility index (Phi) is 16.0. The Hall–Kier alpha value is -1.34. The summed E-state index contributed by atoms with van der Waals surface area (Å²) in [5, 5.41) is 3.01. The van der Waals surface area contributed by atoms with E-state index >= 15 is 0 Å². The van der Waals surface area contributed by atoms with Gasteiger partial charge in [-0.3, -0.25) is 9.69 Å². The number of esters is 1. The molecule has 6 nitrogen and oxygen atoms in total. The lowest BCUT2D eigenvalue weighted by molar-refractivity contribution is -0.121. The zero-order valence-electron chi connectivity index (χ0n) is 18.5. The van der Waals surface area contributed by atoms with E-state index in [4.69, 9.17) is 4.74 Å². The van der Waals surface area contributed by atoms with Gasteiger partial charge in [-0.15, -0.1) is 24.8 Å². The van der Waals surface area contributed by atoms with Crippen molar-refractivity contribution in [2.45, 2.75) is 47.6 Å². The van der Waals surface area contributed by atoms with Gasteiger partial charge in [0.05, 0.1) is 17.9 Å². The van der Waals surface area contributed by atoms with Gasteiger partial charge in [-0.05, 0) is 51.7 Å². The molecule has 0 saturated heterocycles. The third kappa shape index (κ3) is 8.51. The van der Waals surface area contributed by atoms with E-state index in [9.17, 15) is 9.59 Å². The number of nitrogens with zero attached hydrogens (tertiary/aromatic N) is 2. The quantitative estimate of drug-likeness (QED) is 0.517. The number of nitrogens with one attached hydrogen (secondary N) is 1. The summed E-state index contributed by atoms with van der Waals surface area (Å²) in [6.45, 7) is 16.3. The molecule has 1 amide bonds. The number of amides is 1. The number of ether oxygens (including phenoxy) is 1. The van der Waals surface area contributed by atoms with Crippen LogP contribution in [0, 0.1) is 6.92 Å². The molecule has 0 saturated carbocycles. The monoisotopic (exact) mass is 449 g/mol. The minimum atomic E-state index is -0.417. The van der Waals surface area contributed by atoms with Crippen LogP contribution in [0.4, 0.5) is 5.69 Å². The van der Waals surface area contributed by atoms with Gasteiger partial charge in [-0.2, -0.15) is 0 Å². The van der Waals surface area contributed by atoms with Crippen molar-refractivity contribution in [3.63, 3.8) is 0 Å². The molecule has 0 radical (unpaired) electrons. The first kappa shape index (κ1) is 29.9. The fourth-order valence-electron chi connectivity index (χ4n) is 3.17. The van der Waals surface area contributed by atoms with Crippen LogP contribution in [0.5, 0.6) is 0 Å². The first-order valence-electron chi connectivity index (χ1n) is 9.97. The van der Waals surface area contributed by atoms with Gasteiger partial charge in [0, 0.05) is 6.54 Å². The molecule has 1 unspecified atom stereocenters. The van der Waals surface area contributed by atoms with Crippen LogP contribution in [0.15, 0.2) is 18.2 Å². The standard InChI is InChI=1S/C21H35N3O3.2ClH/c1-7-23(8-2)15-18(24(9-3)10-4)20(25)22-19-16(6)13-12-14-17(19)21(26)27-11-5;;/h12-14,18H,7-11,15H2,1-6H3,(H,22,25);2*1H. The fraction of sp³-hybridized carbons (Fsp3) is 0.619. The lowest BCUT2D eigenvalue weighted by Gasteiger charge is -2.33. The highest BCUT2D eigenvalue weighted by Crippen LogP contribution is 2.22. The second kappa shape index (κ2) is 15.5. The average molecular weight is 450 g/mol. The first-order chi connectivity index (χ1) is 12.9. The molecule has 1 rings (SSSR count). The van der Waals surface area contributed by atoms with E-state index < -0.39 is 5.97 Å². The molecule has 168 valence electrons. The van der Waals surface area contributed by atoms with Crippen LogP contribution >= 0.6 is 24.8 Å². The van der Waals surface area contributed by atoms with Gasteiger partial charge in [-0.1, -0.05) is 39.8 Å². The predicted octanol–water partition coefficient (Wildman–Crippen LogP) is 4.01. The number of aryl methyl sites for hydroxylation is 1. The Balaban J connectivity index is 0. The number of rotatable bonds is 11. The van der Waals surface area contributed by atoms with E-state index in [0.29, 0.717) is 24.4 Å². The van der Waals surface area contributed by atoms with Crippen molar-refractivity contribution in [2.24, 2.45) is 0 Å². The van der Waals surface area contributed by atoms with Crippen molar-refractivity contribution in [1.29, 1.82) is 0 Å². The number of likely N-dealkylation sites (N-methyl/N-ethyl adjacent to an activating group) is 2. The Bertz CT molecular complexity index is 621. The number of halogens is 2. The molecule has 0 aliphatic rings. The van der Waals surface area contributed by atoms with E-state index in [2.05, 4.69) is 42.8 Å². The number of carbonyl (C=O) groups excluding carboxylic acids is 2. The maximum Gasteiger partial charge on any atom is 0.340 e. The molecule has 0 aromatic heterocycles. The molecule has 0 bridgehead atoms. The summed E-state index contributed by atoms with van der Waals surface area (Å²) in [5.41, 5.74) is 1.78. The van der Waals surface area contributed by atoms with Gasteiger partial charge < -0.3 is 15.0 Å². The zero-order valence-corrected chi connectivity index (χ0v) is 20.1. The van der Waals surface area contributed by atoms with Crippen molar-refractivity contribution >= 4 is 42.4 Å². The summed E-state index contributed by atoms with van der Waals surface area (Å²) in [6.07, 6.45) is 0. The van der Waals surface area contributed by atoms with Crippen LogP contribution in [-0.4, -0.2) is 67.0 Å². The van der Waals surface area contributed by atoms with Crippen LogP contribution in [0.1, 0.15) is 50.5 Å². The number of anilines is 1. The zero-order chi connectivity index (χ0) is 20.4. The van der Waals surface area contributed by atoms with Crippen LogP contribution < -0.4 is 5.32 Å². The van der Waals surface area contributed by atoms with Crippen molar-refractivity contribution in [3.8, 4) is 0 Å². The summed E-state index contributed by atoms with van der Waals surface area (Å²) >= 11 is 0. The highest BCUT2D eigenvalue weighted by molar-refractivity contribution is 6.03. The summed E-state index contributed by atoms with van der Waals surface area (Å²) in [6, 6.07) is 5.09. The molecule has 1 atom stereocenters. The van der Waals surface area contributed by atoms with E-state index in [0.717, 1.165) is 31.7 Å². The third-order valence-corrected chi connectivity index (χ3v) is 4.90. The van der Waals surface area contributed by atoms with Crippen molar-refractivity contribution < 1.29 is 14.3 Å². The number of benzene rings is 1. The molecule has 0 aliphatic heterocycles. The molecule has 0 spiro atoms. The minimum Gasteiger partial charge on any atom is -0.462 e. The highest BCUT2D eigenvalue weighted by Gasteiger charge is 2.27. The molecule has 0 aliphatic carbocycles. The number of carbonyl (C=O) groups is 2. The smallest absolute Gasteiger partial charge is 0.340 e. The summed E-state index contributed by atoms with van der Waals surface area (Å²) in [5.74, 6) is -0.509. The van der Waals surface area contributed by atoms with Crippen LogP contribution in [0.2, 0.25) is 0 Å². The summed E-state index contributed by atoms with van der Waals surface area (Å²) in [7, 11) is 0. The topological polar surface area (TPSA) is 61.9 Å². The second-order valence-electron chi connectivity index (χ2n) is 6.43. The Labute approximate surface area is 188 Å². The molecular formula is C21H37Cl2N3O3. The number of hydrogen-bond donors (Lipinski definition) is 1. The van der Waals surface area contributed by atoms with Crippen LogP contribution in [0.25, 0.3) is 0 Å². The Morgan fingerprint density at radius 2 is 1.59 bits per heavy atom. The second-order valence-corrected chi connectivity index (χ2v) is 6.43. The van der Waals surface area contributed by atoms with E-state index in [1.54, 1.807) is 19.1 Å². The third-order valence-electron chi connectivity index (χ3n) is 4.90. The molecule has 8 heteroatoms. The fourth-order valence-corrected chi connectivity index (χ4v) is 3.17. The molecule has 1 N–H and O–H groups in total. The maximum absolute atomic E-state index is 13.2. The Morgan fingerprint density at radius 3 is 2.07 bits per heavy atom. The van der Waals surface area contributed by atoms with Gasteiger partial charge in [-0.25, -0.2) is 4.79 Å². The molecular weight excluding hydrogens is 413 g/mol. The molecule has 1 aromatic rings. The molecule has 0 fully saturated rings. The normalized spacial score (nSPS) is 11.4. The average Bonchev–Trinajstić information content (AvgIpc) is 2.66. The summed E-state index contributed by atoms with van der Waals surface area (Å²) < 4.78 is 5.15. The van der Waals surface area contributed by atoms with Gasteiger partial charge in [0.25, 0.3) is 0 Å². The lowest BCUT2D eigenvalue weighted by Crippen LogP contribution is -2.50. The number of hydrogen-bond acceptors (Lipinski definition) is 5. The number of para-hydroxylation sites is 1. The predicted molar refractivity (Wildman–Crippen MR) is 125 cm³/mol. The molecule has 1 aromatic carbocycles. The Morgan fingerprint density at radius 1 is 1.00 bits per heavy atom. The molecule has 29 heavy (non-hydrogen) atoms. The largest absolute Gasteiger partial charge is 0.462 e. The van der Waals surface area contributed by atoms with Gasteiger partial charge in [0.1, 0.15) is 6.04 Å². The minimum absolute atomic E-state index is 0.